The van der Waals surface area contributed by atoms with Crippen molar-refractivity contribution in [2.75, 3.05) is 11.9 Å². The highest BCUT2D eigenvalue weighted by Gasteiger charge is 2.26. The third-order valence-electron chi connectivity index (χ3n) is 2.96. The molecule has 0 saturated heterocycles. The highest BCUT2D eigenvalue weighted by Crippen LogP contribution is 2.30. The molecule has 0 spiro atoms. The zero-order valence-corrected chi connectivity index (χ0v) is 9.16. The Kier molecular flexibility index (Phi) is 2.62. The number of benzene rings is 1. The van der Waals surface area contributed by atoms with Crippen LogP contribution in [0.2, 0.25) is 0 Å². The molecule has 1 unspecified atom stereocenters. The summed E-state index contributed by atoms with van der Waals surface area (Å²) < 4.78 is 0. The lowest BCUT2D eigenvalue weighted by molar-refractivity contribution is 0.245. The van der Waals surface area contributed by atoms with Crippen molar-refractivity contribution in [3.63, 3.8) is 0 Å². The van der Waals surface area contributed by atoms with Crippen LogP contribution >= 0.6 is 0 Å². The fraction of sp³-hybridized carbons (Fsp3) is 0.417. The molecular weight excluding hydrogens is 188 g/mol. The standard InChI is InChI=1S/C12H16N2O/c1-9-7-8-10-5-3-4-6-11(10)14(9)12(15)13-2/h3-6,9H,7-8H2,1-2H3,(H,13,15). The topological polar surface area (TPSA) is 32.3 Å². The van der Waals surface area contributed by atoms with E-state index in [1.54, 1.807) is 7.05 Å². The summed E-state index contributed by atoms with van der Waals surface area (Å²) in [5.74, 6) is 0. The Bertz CT molecular complexity index is 376. The maximum atomic E-state index is 11.8. The molecule has 0 aliphatic carbocycles. The first kappa shape index (κ1) is 10.0. The van der Waals surface area contributed by atoms with E-state index in [2.05, 4.69) is 18.3 Å². The smallest absolute Gasteiger partial charge is 0.321 e. The number of para-hydroxylation sites is 1. The molecule has 15 heavy (non-hydrogen) atoms. The molecule has 1 aliphatic rings. The predicted molar refractivity (Wildman–Crippen MR) is 61.2 cm³/mol. The van der Waals surface area contributed by atoms with E-state index >= 15 is 0 Å². The van der Waals surface area contributed by atoms with Crippen molar-refractivity contribution in [1.29, 1.82) is 0 Å². The monoisotopic (exact) mass is 204 g/mol. The number of anilines is 1. The number of aryl methyl sites for hydroxylation is 1. The number of hydrogen-bond acceptors (Lipinski definition) is 1. The van der Waals surface area contributed by atoms with Crippen LogP contribution < -0.4 is 10.2 Å². The molecule has 1 heterocycles. The molecule has 0 aromatic heterocycles. The molecule has 80 valence electrons. The molecule has 0 saturated carbocycles. The first-order chi connectivity index (χ1) is 7.24. The molecule has 2 rings (SSSR count). The second-order valence-electron chi connectivity index (χ2n) is 3.94. The van der Waals surface area contributed by atoms with Crippen LogP contribution in [0, 0.1) is 0 Å². The normalized spacial score (nSPS) is 19.6. The van der Waals surface area contributed by atoms with Gasteiger partial charge in [-0.1, -0.05) is 18.2 Å². The quantitative estimate of drug-likeness (QED) is 0.690. The molecule has 1 atom stereocenters. The molecule has 0 radical (unpaired) electrons. The average molecular weight is 204 g/mol. The molecule has 1 aliphatic heterocycles. The number of carbonyl (C=O) groups excluding carboxylic acids is 1. The van der Waals surface area contributed by atoms with Crippen LogP contribution in [0.5, 0.6) is 0 Å². The fourth-order valence-corrected chi connectivity index (χ4v) is 2.12. The zero-order chi connectivity index (χ0) is 10.8. The lowest BCUT2D eigenvalue weighted by atomic mass is 9.97. The van der Waals surface area contributed by atoms with E-state index in [0.29, 0.717) is 0 Å². The zero-order valence-electron chi connectivity index (χ0n) is 9.16. The van der Waals surface area contributed by atoms with Crippen LogP contribution in [-0.4, -0.2) is 19.1 Å². The third-order valence-corrected chi connectivity index (χ3v) is 2.96. The minimum Gasteiger partial charge on any atom is -0.341 e. The second-order valence-corrected chi connectivity index (χ2v) is 3.94. The van der Waals surface area contributed by atoms with Crippen LogP contribution in [0.4, 0.5) is 10.5 Å². The molecular formula is C12H16N2O. The first-order valence-corrected chi connectivity index (χ1v) is 5.33. The van der Waals surface area contributed by atoms with Gasteiger partial charge in [-0.15, -0.1) is 0 Å². The number of amides is 2. The highest BCUT2D eigenvalue weighted by atomic mass is 16.2. The van der Waals surface area contributed by atoms with Crippen molar-refractivity contribution in [3.8, 4) is 0 Å². The third kappa shape index (κ3) is 1.69. The van der Waals surface area contributed by atoms with Gasteiger partial charge in [0.05, 0.1) is 0 Å². The Balaban J connectivity index is 2.41. The number of nitrogens with zero attached hydrogens (tertiary/aromatic N) is 1. The Morgan fingerprint density at radius 3 is 2.93 bits per heavy atom. The van der Waals surface area contributed by atoms with Crippen LogP contribution in [0.15, 0.2) is 24.3 Å². The molecule has 3 nitrogen and oxygen atoms in total. The van der Waals surface area contributed by atoms with Gasteiger partial charge >= 0.3 is 6.03 Å². The van der Waals surface area contributed by atoms with Crippen LogP contribution in [0.25, 0.3) is 0 Å². The first-order valence-electron chi connectivity index (χ1n) is 5.33. The minimum atomic E-state index is -0.0188. The number of nitrogens with one attached hydrogen (secondary N) is 1. The van der Waals surface area contributed by atoms with Crippen molar-refractivity contribution < 1.29 is 4.79 Å². The Morgan fingerprint density at radius 1 is 1.47 bits per heavy atom. The summed E-state index contributed by atoms with van der Waals surface area (Å²) in [6, 6.07) is 8.37. The van der Waals surface area contributed by atoms with E-state index in [4.69, 9.17) is 0 Å². The van der Waals surface area contributed by atoms with Gasteiger partial charge in [0.1, 0.15) is 0 Å². The molecule has 0 bridgehead atoms. The van der Waals surface area contributed by atoms with E-state index in [0.717, 1.165) is 18.5 Å². The van der Waals surface area contributed by atoms with Crippen molar-refractivity contribution in [2.45, 2.75) is 25.8 Å². The van der Waals surface area contributed by atoms with Gasteiger partial charge in [-0.05, 0) is 31.4 Å². The SMILES string of the molecule is CNC(=O)N1c2ccccc2CCC1C. The fourth-order valence-electron chi connectivity index (χ4n) is 2.12. The maximum absolute atomic E-state index is 11.8. The van der Waals surface area contributed by atoms with Gasteiger partial charge in [0.2, 0.25) is 0 Å². The number of urea groups is 1. The Hall–Kier alpha value is -1.51. The number of rotatable bonds is 0. The van der Waals surface area contributed by atoms with Crippen LogP contribution in [0.3, 0.4) is 0 Å². The lowest BCUT2D eigenvalue weighted by Gasteiger charge is -2.34. The second kappa shape index (κ2) is 3.93. The van der Waals surface area contributed by atoms with Crippen molar-refractivity contribution in [2.24, 2.45) is 0 Å². The van der Waals surface area contributed by atoms with Gasteiger partial charge < -0.3 is 5.32 Å². The van der Waals surface area contributed by atoms with E-state index in [1.165, 1.54) is 5.56 Å². The minimum absolute atomic E-state index is 0.0188. The van der Waals surface area contributed by atoms with Crippen molar-refractivity contribution in [3.05, 3.63) is 29.8 Å². The molecule has 3 heteroatoms. The highest BCUT2D eigenvalue weighted by molar-refractivity contribution is 5.93. The van der Waals surface area contributed by atoms with Gasteiger partial charge in [0.25, 0.3) is 0 Å². The van der Waals surface area contributed by atoms with E-state index in [1.807, 2.05) is 23.1 Å². The summed E-state index contributed by atoms with van der Waals surface area (Å²) in [4.78, 5) is 13.6. The van der Waals surface area contributed by atoms with E-state index in [9.17, 15) is 4.79 Å². The molecule has 1 aromatic carbocycles. The lowest BCUT2D eigenvalue weighted by Crippen LogP contribution is -2.46. The molecule has 1 N–H and O–H groups in total. The van der Waals surface area contributed by atoms with E-state index < -0.39 is 0 Å². The van der Waals surface area contributed by atoms with Crippen LogP contribution in [0.1, 0.15) is 18.9 Å². The molecule has 2 amide bonds. The van der Waals surface area contributed by atoms with Gasteiger partial charge in [-0.3, -0.25) is 4.90 Å². The molecule has 1 aromatic rings. The summed E-state index contributed by atoms with van der Waals surface area (Å²) in [5.41, 5.74) is 2.31. The number of fused-ring (bicyclic) bond motifs is 1. The summed E-state index contributed by atoms with van der Waals surface area (Å²) in [5, 5.41) is 2.69. The van der Waals surface area contributed by atoms with Crippen molar-refractivity contribution >= 4 is 11.7 Å². The van der Waals surface area contributed by atoms with Gasteiger partial charge in [0.15, 0.2) is 0 Å². The number of carbonyl (C=O) groups is 1. The van der Waals surface area contributed by atoms with Crippen molar-refractivity contribution in [1.82, 2.24) is 5.32 Å². The average Bonchev–Trinajstić information content (AvgIpc) is 2.28. The Labute approximate surface area is 90.1 Å². The van der Waals surface area contributed by atoms with Gasteiger partial charge in [0, 0.05) is 18.8 Å². The largest absolute Gasteiger partial charge is 0.341 e. The molecule has 0 fully saturated rings. The summed E-state index contributed by atoms with van der Waals surface area (Å²) >= 11 is 0. The van der Waals surface area contributed by atoms with Crippen LogP contribution in [-0.2, 0) is 6.42 Å². The summed E-state index contributed by atoms with van der Waals surface area (Å²) in [7, 11) is 1.67. The summed E-state index contributed by atoms with van der Waals surface area (Å²) in [6.45, 7) is 2.09. The number of hydrogen-bond donors (Lipinski definition) is 1. The predicted octanol–water partition coefficient (Wildman–Crippen LogP) is 2.17. The van der Waals surface area contributed by atoms with Gasteiger partial charge in [-0.25, -0.2) is 4.79 Å². The van der Waals surface area contributed by atoms with E-state index in [-0.39, 0.29) is 12.1 Å². The van der Waals surface area contributed by atoms with Gasteiger partial charge in [-0.2, -0.15) is 0 Å². The maximum Gasteiger partial charge on any atom is 0.321 e. The summed E-state index contributed by atoms with van der Waals surface area (Å²) in [6.07, 6.45) is 2.09. The Morgan fingerprint density at radius 2 is 2.20 bits per heavy atom.